The molecule has 0 spiro atoms. The second-order valence-corrected chi connectivity index (χ2v) is 5.09. The highest BCUT2D eigenvalue weighted by Gasteiger charge is 2.15. The van der Waals surface area contributed by atoms with Crippen LogP contribution in [0.4, 0.5) is 4.39 Å². The van der Waals surface area contributed by atoms with Gasteiger partial charge in [0.2, 0.25) is 0 Å². The molecule has 0 aliphatic carbocycles. The van der Waals surface area contributed by atoms with Crippen molar-refractivity contribution in [3.8, 4) is 0 Å². The van der Waals surface area contributed by atoms with Crippen LogP contribution in [0.15, 0.2) is 54.6 Å². The van der Waals surface area contributed by atoms with Crippen LogP contribution < -0.4 is 5.32 Å². The number of halogens is 1. The van der Waals surface area contributed by atoms with Gasteiger partial charge in [-0.2, -0.15) is 0 Å². The predicted molar refractivity (Wildman–Crippen MR) is 82.6 cm³/mol. The lowest BCUT2D eigenvalue weighted by molar-refractivity contribution is 0.0934. The molecule has 3 heteroatoms. The first kappa shape index (κ1) is 15.2. The van der Waals surface area contributed by atoms with E-state index >= 15 is 0 Å². The monoisotopic (exact) mass is 285 g/mol. The summed E-state index contributed by atoms with van der Waals surface area (Å²) in [5, 5.41) is 3.04. The highest BCUT2D eigenvalue weighted by Crippen LogP contribution is 2.20. The molecule has 0 aliphatic heterocycles. The Bertz CT molecular complexity index is 566. The molecule has 1 N–H and O–H groups in total. The molecule has 0 aliphatic rings. The van der Waals surface area contributed by atoms with E-state index in [1.807, 2.05) is 30.3 Å². The molecule has 110 valence electrons. The second-order valence-electron chi connectivity index (χ2n) is 5.09. The molecular weight excluding hydrogens is 265 g/mol. The summed E-state index contributed by atoms with van der Waals surface area (Å²) in [5.41, 5.74) is 1.58. The lowest BCUT2D eigenvalue weighted by atomic mass is 10.0. The van der Waals surface area contributed by atoms with Crippen LogP contribution in [0, 0.1) is 5.82 Å². The molecular formula is C18H20FNO. The lowest BCUT2D eigenvalue weighted by Gasteiger charge is -2.19. The normalized spacial score (nSPS) is 11.9. The predicted octanol–water partition coefficient (Wildman–Crippen LogP) is 4.49. The summed E-state index contributed by atoms with van der Waals surface area (Å²) >= 11 is 0. The first-order chi connectivity index (χ1) is 10.2. The van der Waals surface area contributed by atoms with Gasteiger partial charge in [-0.1, -0.05) is 50.1 Å². The van der Waals surface area contributed by atoms with Crippen molar-refractivity contribution in [3.63, 3.8) is 0 Å². The molecule has 0 heterocycles. The zero-order valence-electron chi connectivity index (χ0n) is 12.2. The molecule has 2 aromatic carbocycles. The standard InChI is InChI=1S/C18H20FNO/c1-2-3-9-17(14-7-5-4-6-8-14)20-18(21)15-10-12-16(19)13-11-15/h4-8,10-13,17H,2-3,9H2,1H3,(H,20,21)/t17-/m0/s1. The highest BCUT2D eigenvalue weighted by atomic mass is 19.1. The molecule has 0 radical (unpaired) electrons. The number of carbonyl (C=O) groups excluding carboxylic acids is 1. The van der Waals surface area contributed by atoms with E-state index in [9.17, 15) is 9.18 Å². The summed E-state index contributed by atoms with van der Waals surface area (Å²) in [6.07, 6.45) is 3.02. The van der Waals surface area contributed by atoms with Crippen molar-refractivity contribution < 1.29 is 9.18 Å². The average Bonchev–Trinajstić information content (AvgIpc) is 2.52. The number of rotatable bonds is 6. The molecule has 1 amide bonds. The van der Waals surface area contributed by atoms with Crippen LogP contribution in [0.2, 0.25) is 0 Å². The molecule has 1 atom stereocenters. The molecule has 0 aromatic heterocycles. The maximum Gasteiger partial charge on any atom is 0.251 e. The Morgan fingerprint density at radius 3 is 2.38 bits per heavy atom. The zero-order valence-corrected chi connectivity index (χ0v) is 12.2. The molecule has 0 unspecified atom stereocenters. The second kappa shape index (κ2) is 7.58. The van der Waals surface area contributed by atoms with Crippen molar-refractivity contribution in [2.75, 3.05) is 0 Å². The van der Waals surface area contributed by atoms with Gasteiger partial charge in [-0.05, 0) is 36.2 Å². The molecule has 0 saturated carbocycles. The van der Waals surface area contributed by atoms with E-state index in [1.165, 1.54) is 24.3 Å². The van der Waals surface area contributed by atoms with Gasteiger partial charge < -0.3 is 5.32 Å². The first-order valence-electron chi connectivity index (χ1n) is 7.32. The number of carbonyl (C=O) groups is 1. The molecule has 0 saturated heterocycles. The van der Waals surface area contributed by atoms with E-state index < -0.39 is 0 Å². The van der Waals surface area contributed by atoms with Crippen molar-refractivity contribution in [1.82, 2.24) is 5.32 Å². The summed E-state index contributed by atoms with van der Waals surface area (Å²) in [5.74, 6) is -0.503. The van der Waals surface area contributed by atoms with Gasteiger partial charge in [0.1, 0.15) is 5.82 Å². The van der Waals surface area contributed by atoms with Gasteiger partial charge in [-0.15, -0.1) is 0 Å². The number of hydrogen-bond acceptors (Lipinski definition) is 1. The van der Waals surface area contributed by atoms with Gasteiger partial charge in [-0.3, -0.25) is 4.79 Å². The Balaban J connectivity index is 2.11. The van der Waals surface area contributed by atoms with Crippen LogP contribution in [0.25, 0.3) is 0 Å². The Labute approximate surface area is 125 Å². The summed E-state index contributed by atoms with van der Waals surface area (Å²) in [6.45, 7) is 2.13. The largest absolute Gasteiger partial charge is 0.345 e. The Kier molecular flexibility index (Phi) is 5.50. The molecule has 0 bridgehead atoms. The van der Waals surface area contributed by atoms with Crippen LogP contribution >= 0.6 is 0 Å². The molecule has 2 rings (SSSR count). The first-order valence-corrected chi connectivity index (χ1v) is 7.32. The minimum absolute atomic E-state index is 0.0105. The van der Waals surface area contributed by atoms with Gasteiger partial charge in [0, 0.05) is 5.56 Å². The minimum Gasteiger partial charge on any atom is -0.345 e. The van der Waals surface area contributed by atoms with Crippen molar-refractivity contribution in [1.29, 1.82) is 0 Å². The summed E-state index contributed by atoms with van der Waals surface area (Å²) in [4.78, 5) is 12.3. The molecule has 2 aromatic rings. The Hall–Kier alpha value is -2.16. The number of unbranched alkanes of at least 4 members (excludes halogenated alkanes) is 1. The van der Waals surface area contributed by atoms with Gasteiger partial charge in [-0.25, -0.2) is 4.39 Å². The van der Waals surface area contributed by atoms with Crippen LogP contribution in [0.3, 0.4) is 0 Å². The third-order valence-electron chi connectivity index (χ3n) is 3.46. The van der Waals surface area contributed by atoms with E-state index in [2.05, 4.69) is 12.2 Å². The fraction of sp³-hybridized carbons (Fsp3) is 0.278. The quantitative estimate of drug-likeness (QED) is 0.832. The van der Waals surface area contributed by atoms with Crippen molar-refractivity contribution in [2.24, 2.45) is 0 Å². The highest BCUT2D eigenvalue weighted by molar-refractivity contribution is 5.94. The van der Waals surface area contributed by atoms with E-state index in [-0.39, 0.29) is 17.8 Å². The average molecular weight is 285 g/mol. The van der Waals surface area contributed by atoms with Crippen LogP contribution in [0.5, 0.6) is 0 Å². The Morgan fingerprint density at radius 2 is 1.76 bits per heavy atom. The smallest absolute Gasteiger partial charge is 0.251 e. The van der Waals surface area contributed by atoms with Crippen LogP contribution in [-0.4, -0.2) is 5.91 Å². The maximum absolute atomic E-state index is 12.9. The minimum atomic E-state index is -0.336. The van der Waals surface area contributed by atoms with Crippen molar-refractivity contribution >= 4 is 5.91 Å². The SMILES string of the molecule is CCCC[C@H](NC(=O)c1ccc(F)cc1)c1ccccc1. The van der Waals surface area contributed by atoms with Gasteiger partial charge in [0.05, 0.1) is 6.04 Å². The molecule has 2 nitrogen and oxygen atoms in total. The topological polar surface area (TPSA) is 29.1 Å². The van der Waals surface area contributed by atoms with E-state index in [1.54, 1.807) is 0 Å². The number of benzene rings is 2. The fourth-order valence-corrected chi connectivity index (χ4v) is 2.26. The van der Waals surface area contributed by atoms with E-state index in [0.717, 1.165) is 24.8 Å². The van der Waals surface area contributed by atoms with Gasteiger partial charge in [0.25, 0.3) is 5.91 Å². The number of hydrogen-bond donors (Lipinski definition) is 1. The maximum atomic E-state index is 12.9. The summed E-state index contributed by atoms with van der Waals surface area (Å²) in [6, 6.07) is 15.6. The van der Waals surface area contributed by atoms with Crippen molar-refractivity contribution in [2.45, 2.75) is 32.2 Å². The lowest BCUT2D eigenvalue weighted by Crippen LogP contribution is -2.28. The number of nitrogens with one attached hydrogen (secondary N) is 1. The third-order valence-corrected chi connectivity index (χ3v) is 3.46. The van der Waals surface area contributed by atoms with Crippen molar-refractivity contribution in [3.05, 3.63) is 71.5 Å². The molecule has 0 fully saturated rings. The van der Waals surface area contributed by atoms with Gasteiger partial charge in [0.15, 0.2) is 0 Å². The fourth-order valence-electron chi connectivity index (χ4n) is 2.26. The number of amides is 1. The van der Waals surface area contributed by atoms with Crippen LogP contribution in [-0.2, 0) is 0 Å². The van der Waals surface area contributed by atoms with E-state index in [0.29, 0.717) is 5.56 Å². The summed E-state index contributed by atoms with van der Waals surface area (Å²) in [7, 11) is 0. The van der Waals surface area contributed by atoms with E-state index in [4.69, 9.17) is 0 Å². The zero-order chi connectivity index (χ0) is 15.1. The Morgan fingerprint density at radius 1 is 1.10 bits per heavy atom. The summed E-state index contributed by atoms with van der Waals surface area (Å²) < 4.78 is 12.9. The van der Waals surface area contributed by atoms with Gasteiger partial charge >= 0.3 is 0 Å². The third kappa shape index (κ3) is 4.42. The van der Waals surface area contributed by atoms with Crippen LogP contribution in [0.1, 0.15) is 48.1 Å². The molecule has 21 heavy (non-hydrogen) atoms.